The number of quaternary nitrogens is 1. The van der Waals surface area contributed by atoms with Gasteiger partial charge < -0.3 is 41.5 Å². The Morgan fingerprint density at radius 1 is 1.18 bits per heavy atom. The molecule has 7 nitrogen and oxygen atoms in total. The number of halogens is 1. The van der Waals surface area contributed by atoms with Gasteiger partial charge in [-0.1, -0.05) is 36.8 Å². The number of ether oxygens (including phenoxy) is 1. The van der Waals surface area contributed by atoms with Gasteiger partial charge in [-0.3, -0.25) is 4.79 Å². The molecule has 1 aliphatic carbocycles. The van der Waals surface area contributed by atoms with Crippen molar-refractivity contribution in [3.63, 3.8) is 0 Å². The molecule has 0 saturated heterocycles. The summed E-state index contributed by atoms with van der Waals surface area (Å²) in [6.07, 6.45) is 4.76. The highest BCUT2D eigenvalue weighted by Crippen LogP contribution is 2.46. The van der Waals surface area contributed by atoms with Crippen LogP contribution in [0.15, 0.2) is 65.2 Å². The average molecular weight is 530 g/mol. The number of aromatic nitrogens is 1. The Kier molecular flexibility index (Phi) is 8.17. The van der Waals surface area contributed by atoms with E-state index >= 15 is 0 Å². The molecule has 1 saturated carbocycles. The first-order valence-electron chi connectivity index (χ1n) is 11.4. The SMILES string of the molecule is C[N+](C)(CCOc1ccc(C(N)=O)cc1)Cc1cnc(C(O)(c2ccccc2)C2CCC2)o1.[Br-]. The monoisotopic (exact) mass is 529 g/mol. The molecule has 0 radical (unpaired) electrons. The summed E-state index contributed by atoms with van der Waals surface area (Å²) in [5.74, 6) is 1.45. The van der Waals surface area contributed by atoms with Crippen LogP contribution in [0.4, 0.5) is 0 Å². The molecule has 0 aliphatic heterocycles. The molecule has 1 atom stereocenters. The molecule has 8 heteroatoms. The lowest BCUT2D eigenvalue weighted by molar-refractivity contribution is -0.904. The van der Waals surface area contributed by atoms with Crippen LogP contribution in [0, 0.1) is 5.92 Å². The molecule has 182 valence electrons. The van der Waals surface area contributed by atoms with Gasteiger partial charge in [0.1, 0.15) is 25.4 Å². The van der Waals surface area contributed by atoms with Crippen molar-refractivity contribution in [2.24, 2.45) is 11.7 Å². The molecule has 1 fully saturated rings. The van der Waals surface area contributed by atoms with Crippen molar-refractivity contribution in [1.82, 2.24) is 4.98 Å². The van der Waals surface area contributed by atoms with E-state index in [0.29, 0.717) is 34.8 Å². The van der Waals surface area contributed by atoms with Crippen molar-refractivity contribution in [3.8, 4) is 5.75 Å². The number of likely N-dealkylation sites (N-methyl/N-ethyl adjacent to an activating group) is 1. The molecule has 0 spiro atoms. The molecule has 4 rings (SSSR count). The summed E-state index contributed by atoms with van der Waals surface area (Å²) in [4.78, 5) is 15.7. The molecule has 1 unspecified atom stereocenters. The molecule has 1 aliphatic rings. The van der Waals surface area contributed by atoms with Gasteiger partial charge in [-0.25, -0.2) is 4.98 Å². The number of nitrogens with zero attached hydrogens (tertiary/aromatic N) is 2. The third-order valence-electron chi connectivity index (χ3n) is 6.48. The minimum atomic E-state index is -1.20. The van der Waals surface area contributed by atoms with E-state index in [1.54, 1.807) is 30.5 Å². The summed E-state index contributed by atoms with van der Waals surface area (Å²) in [7, 11) is 4.19. The zero-order chi connectivity index (χ0) is 23.5. The van der Waals surface area contributed by atoms with E-state index in [1.165, 1.54) is 0 Å². The zero-order valence-corrected chi connectivity index (χ0v) is 21.2. The molecule has 3 N–H and O–H groups in total. The van der Waals surface area contributed by atoms with Crippen LogP contribution >= 0.6 is 0 Å². The highest BCUT2D eigenvalue weighted by molar-refractivity contribution is 5.92. The Labute approximate surface area is 210 Å². The van der Waals surface area contributed by atoms with Crippen LogP contribution in [0.2, 0.25) is 0 Å². The fourth-order valence-electron chi connectivity index (χ4n) is 4.24. The average Bonchev–Trinajstić information content (AvgIpc) is 3.21. The molecule has 34 heavy (non-hydrogen) atoms. The van der Waals surface area contributed by atoms with Gasteiger partial charge in [0.15, 0.2) is 11.4 Å². The number of amides is 1. The van der Waals surface area contributed by atoms with Crippen molar-refractivity contribution >= 4 is 5.91 Å². The number of aliphatic hydroxyl groups is 1. The topological polar surface area (TPSA) is 98.6 Å². The molecular weight excluding hydrogens is 498 g/mol. The van der Waals surface area contributed by atoms with E-state index in [2.05, 4.69) is 19.1 Å². The Balaban J connectivity index is 0.00000324. The molecule has 1 aromatic heterocycles. The normalized spacial score (nSPS) is 15.6. The van der Waals surface area contributed by atoms with Gasteiger partial charge in [-0.15, -0.1) is 0 Å². The van der Waals surface area contributed by atoms with Crippen LogP contribution < -0.4 is 27.5 Å². The highest BCUT2D eigenvalue weighted by Gasteiger charge is 2.47. The zero-order valence-electron chi connectivity index (χ0n) is 19.6. The fraction of sp³-hybridized carbons (Fsp3) is 0.385. The molecule has 1 heterocycles. The maximum absolute atomic E-state index is 11.7. The molecule has 3 aromatic rings. The lowest BCUT2D eigenvalue weighted by atomic mass is 9.69. The molecule has 1 amide bonds. The van der Waals surface area contributed by atoms with Gasteiger partial charge in [0.05, 0.1) is 20.3 Å². The number of rotatable bonds is 10. The molecule has 0 bridgehead atoms. The summed E-state index contributed by atoms with van der Waals surface area (Å²) >= 11 is 0. The number of benzene rings is 2. The number of primary amides is 1. The second-order valence-electron chi connectivity index (χ2n) is 9.45. The van der Waals surface area contributed by atoms with Crippen molar-refractivity contribution < 1.29 is 40.5 Å². The summed E-state index contributed by atoms with van der Waals surface area (Å²) in [6, 6.07) is 16.5. The maximum Gasteiger partial charge on any atom is 0.248 e. The summed E-state index contributed by atoms with van der Waals surface area (Å²) in [5, 5.41) is 11.7. The van der Waals surface area contributed by atoms with E-state index in [1.807, 2.05) is 30.3 Å². The molecule has 2 aromatic carbocycles. The highest BCUT2D eigenvalue weighted by atomic mass is 79.9. The second-order valence-corrected chi connectivity index (χ2v) is 9.45. The summed E-state index contributed by atoms with van der Waals surface area (Å²) < 4.78 is 12.6. The Morgan fingerprint density at radius 3 is 2.44 bits per heavy atom. The third kappa shape index (κ3) is 5.68. The fourth-order valence-corrected chi connectivity index (χ4v) is 4.24. The Hall–Kier alpha value is -2.68. The summed E-state index contributed by atoms with van der Waals surface area (Å²) in [6.45, 7) is 1.85. The predicted octanol–water partition coefficient (Wildman–Crippen LogP) is 0.469. The van der Waals surface area contributed by atoms with E-state index in [4.69, 9.17) is 14.9 Å². The van der Waals surface area contributed by atoms with Crippen LogP contribution in [0.3, 0.4) is 0 Å². The minimum Gasteiger partial charge on any atom is -1.00 e. The number of carbonyl (C=O) groups excluding carboxylic acids is 1. The molecular formula is C26H32BrN3O4. The Bertz CT molecular complexity index is 1080. The quantitative estimate of drug-likeness (QED) is 0.372. The van der Waals surface area contributed by atoms with Crippen LogP contribution in [0.1, 0.15) is 46.8 Å². The van der Waals surface area contributed by atoms with Crippen molar-refractivity contribution in [2.75, 3.05) is 27.2 Å². The van der Waals surface area contributed by atoms with Gasteiger partial charge in [-0.2, -0.15) is 0 Å². The smallest absolute Gasteiger partial charge is 0.248 e. The number of carbonyl (C=O) groups is 1. The van der Waals surface area contributed by atoms with Gasteiger partial charge >= 0.3 is 0 Å². The van der Waals surface area contributed by atoms with Gasteiger partial charge in [0, 0.05) is 11.5 Å². The van der Waals surface area contributed by atoms with E-state index in [9.17, 15) is 9.90 Å². The van der Waals surface area contributed by atoms with Crippen molar-refractivity contribution in [3.05, 3.63) is 83.6 Å². The minimum absolute atomic E-state index is 0. The van der Waals surface area contributed by atoms with E-state index in [0.717, 1.165) is 37.1 Å². The van der Waals surface area contributed by atoms with Crippen LogP contribution in [-0.2, 0) is 12.1 Å². The second kappa shape index (κ2) is 10.7. The number of hydrogen-bond acceptors (Lipinski definition) is 5. The summed E-state index contributed by atoms with van der Waals surface area (Å²) in [5.41, 5.74) is 5.35. The largest absolute Gasteiger partial charge is 1.00 e. The van der Waals surface area contributed by atoms with Gasteiger partial charge in [-0.05, 0) is 42.7 Å². The predicted molar refractivity (Wildman–Crippen MR) is 124 cm³/mol. The first-order valence-corrected chi connectivity index (χ1v) is 11.4. The van der Waals surface area contributed by atoms with Crippen molar-refractivity contribution in [2.45, 2.75) is 31.4 Å². The van der Waals surface area contributed by atoms with Gasteiger partial charge in [0.2, 0.25) is 11.8 Å². The number of hydrogen-bond donors (Lipinski definition) is 2. The number of oxazole rings is 1. The maximum atomic E-state index is 11.7. The lowest BCUT2D eigenvalue weighted by Crippen LogP contribution is -3.00. The van der Waals surface area contributed by atoms with Crippen molar-refractivity contribution in [1.29, 1.82) is 0 Å². The third-order valence-corrected chi connectivity index (χ3v) is 6.48. The first-order chi connectivity index (χ1) is 15.8. The van der Waals surface area contributed by atoms with Crippen LogP contribution in [0.25, 0.3) is 0 Å². The Morgan fingerprint density at radius 2 is 1.85 bits per heavy atom. The standard InChI is InChI=1S/C26H31N3O4.BrH/c1-29(2,15-16-32-22-13-11-19(12-14-22)24(27)30)18-23-17-28-25(33-23)26(31,21-9-6-10-21)20-7-4-3-5-8-20;/h3-5,7-8,11-14,17,21,31H,6,9-10,15-16,18H2,1-2H3,(H-,27,30);1H. The van der Waals surface area contributed by atoms with E-state index < -0.39 is 11.5 Å². The first kappa shape index (κ1) is 25.9. The van der Waals surface area contributed by atoms with Gasteiger partial charge in [0.25, 0.3) is 0 Å². The van der Waals surface area contributed by atoms with E-state index in [-0.39, 0.29) is 22.9 Å². The van der Waals surface area contributed by atoms with Crippen LogP contribution in [0.5, 0.6) is 5.75 Å². The number of nitrogens with two attached hydrogens (primary N) is 1. The lowest BCUT2D eigenvalue weighted by Gasteiger charge is -2.39. The van der Waals surface area contributed by atoms with Crippen LogP contribution in [-0.4, -0.2) is 47.7 Å².